The topological polar surface area (TPSA) is 27.7 Å². The minimum atomic E-state index is 0.699. The largest absolute Gasteiger partial charge is 0.381 e. The Hall–Kier alpha value is -0.200. The van der Waals surface area contributed by atoms with Crippen molar-refractivity contribution >= 4 is 24.1 Å². The molecule has 0 spiro atoms. The number of hydrogen-bond donors (Lipinski definition) is 0. The molecule has 0 aliphatic carbocycles. The normalized spacial score (nSPS) is 10.1. The van der Waals surface area contributed by atoms with Crippen LogP contribution in [0.2, 0.25) is 0 Å². The van der Waals surface area contributed by atoms with Crippen LogP contribution in [-0.2, 0) is 25.9 Å². The summed E-state index contributed by atoms with van der Waals surface area (Å²) >= 11 is 3.11. The van der Waals surface area contributed by atoms with E-state index in [0.29, 0.717) is 13.2 Å². The highest BCUT2D eigenvalue weighted by Gasteiger charge is 1.95. The van der Waals surface area contributed by atoms with E-state index in [1.54, 1.807) is 0 Å². The van der Waals surface area contributed by atoms with Crippen LogP contribution in [0.25, 0.3) is 0 Å². The first-order valence-corrected chi connectivity index (χ1v) is 13.7. The minimum Gasteiger partial charge on any atom is -0.381 e. The predicted octanol–water partition coefficient (Wildman–Crippen LogP) is 8.16. The molecule has 1 rings (SSSR count). The second-order valence-corrected chi connectivity index (χ2v) is 8.55. The molecule has 0 N–H and O–H groups in total. The van der Waals surface area contributed by atoms with Crippen molar-refractivity contribution in [3.8, 4) is 0 Å². The fraction of sp³-hybridized carbons (Fsp3) is 0.760. The lowest BCUT2D eigenvalue weighted by Crippen LogP contribution is -1.97. The molecule has 0 saturated carbocycles. The Bertz CT molecular complexity index is 366. The van der Waals surface area contributed by atoms with Crippen LogP contribution in [0.5, 0.6) is 0 Å². The van der Waals surface area contributed by atoms with Crippen LogP contribution in [0.15, 0.2) is 24.3 Å². The van der Waals surface area contributed by atoms with Gasteiger partial charge in [-0.2, -0.15) is 11.8 Å². The Morgan fingerprint density at radius 2 is 1.17 bits per heavy atom. The molecule has 0 bridgehead atoms. The molecule has 3 nitrogen and oxygen atoms in total. The van der Waals surface area contributed by atoms with Crippen LogP contribution in [0.4, 0.5) is 0 Å². The number of thioether (sulfide) groups is 1. The van der Waals surface area contributed by atoms with E-state index >= 15 is 0 Å². The van der Waals surface area contributed by atoms with E-state index in [1.165, 1.54) is 61.2 Å². The van der Waals surface area contributed by atoms with E-state index in [-0.39, 0.29) is 0 Å². The number of ether oxygens (including phenoxy) is 1. The van der Waals surface area contributed by atoms with Gasteiger partial charge in [-0.3, -0.25) is 8.37 Å². The molecule has 30 heavy (non-hydrogen) atoms. The first-order valence-electron chi connectivity index (χ1n) is 11.8. The SMILES string of the molecule is CCCCCc1ccc(CCOCC)cc1.CCCSCCC.CCOSOCC. The molecule has 5 heteroatoms. The summed E-state index contributed by atoms with van der Waals surface area (Å²) in [6.07, 6.45) is 8.85. The molecule has 0 atom stereocenters. The summed E-state index contributed by atoms with van der Waals surface area (Å²) in [5.74, 6) is 2.68. The van der Waals surface area contributed by atoms with Gasteiger partial charge in [0, 0.05) is 6.61 Å². The van der Waals surface area contributed by atoms with Crippen molar-refractivity contribution in [1.82, 2.24) is 0 Å². The molecule has 0 aliphatic heterocycles. The Labute approximate surface area is 196 Å². The second kappa shape index (κ2) is 28.8. The lowest BCUT2D eigenvalue weighted by Gasteiger charge is -2.04. The summed E-state index contributed by atoms with van der Waals surface area (Å²) < 4.78 is 14.9. The van der Waals surface area contributed by atoms with Crippen LogP contribution in [-0.4, -0.2) is 37.9 Å². The average molecular weight is 461 g/mol. The van der Waals surface area contributed by atoms with Crippen LogP contribution < -0.4 is 0 Å². The molecule has 1 aromatic rings. The van der Waals surface area contributed by atoms with Crippen LogP contribution in [0.3, 0.4) is 0 Å². The number of rotatable bonds is 16. The van der Waals surface area contributed by atoms with Gasteiger partial charge in [0.1, 0.15) is 0 Å². The minimum absolute atomic E-state index is 0.699. The first kappa shape index (κ1) is 32.0. The summed E-state index contributed by atoms with van der Waals surface area (Å²) in [6, 6.07) is 8.99. The van der Waals surface area contributed by atoms with E-state index in [4.69, 9.17) is 13.1 Å². The van der Waals surface area contributed by atoms with Crippen molar-refractivity contribution in [1.29, 1.82) is 0 Å². The fourth-order valence-electron chi connectivity index (χ4n) is 2.31. The van der Waals surface area contributed by atoms with Crippen molar-refractivity contribution in [2.75, 3.05) is 37.9 Å². The van der Waals surface area contributed by atoms with Crippen molar-refractivity contribution in [3.05, 3.63) is 35.4 Å². The summed E-state index contributed by atoms with van der Waals surface area (Å²) in [7, 11) is 0. The molecule has 0 amide bonds. The molecule has 0 radical (unpaired) electrons. The van der Waals surface area contributed by atoms with Gasteiger partial charge in [0.05, 0.1) is 19.8 Å². The molecule has 178 valence electrons. The monoisotopic (exact) mass is 460 g/mol. The average Bonchev–Trinajstić information content (AvgIpc) is 2.77. The zero-order valence-corrected chi connectivity index (χ0v) is 22.2. The summed E-state index contributed by atoms with van der Waals surface area (Å²) in [4.78, 5) is 0. The highest BCUT2D eigenvalue weighted by atomic mass is 32.2. The Morgan fingerprint density at radius 1 is 0.633 bits per heavy atom. The van der Waals surface area contributed by atoms with Crippen molar-refractivity contribution in [3.63, 3.8) is 0 Å². The Kier molecular flexibility index (Phi) is 30.7. The number of benzene rings is 1. The third-order valence-corrected chi connectivity index (χ3v) is 5.92. The molecule has 1 aromatic carbocycles. The lowest BCUT2D eigenvalue weighted by molar-refractivity contribution is 0.151. The molecule has 0 saturated heterocycles. The first-order chi connectivity index (χ1) is 14.7. The zero-order valence-electron chi connectivity index (χ0n) is 20.5. The zero-order chi connectivity index (χ0) is 22.7. The van der Waals surface area contributed by atoms with Gasteiger partial charge in [0.25, 0.3) is 0 Å². The maximum absolute atomic E-state index is 5.35. The van der Waals surface area contributed by atoms with Gasteiger partial charge in [0.2, 0.25) is 0 Å². The van der Waals surface area contributed by atoms with Crippen molar-refractivity contribution < 1.29 is 13.1 Å². The maximum Gasteiger partial charge on any atom is 0.158 e. The van der Waals surface area contributed by atoms with Crippen molar-refractivity contribution in [2.45, 2.75) is 86.5 Å². The highest BCUT2D eigenvalue weighted by Crippen LogP contribution is 2.09. The van der Waals surface area contributed by atoms with E-state index in [2.05, 4.69) is 56.8 Å². The Morgan fingerprint density at radius 3 is 1.60 bits per heavy atom. The number of hydrogen-bond acceptors (Lipinski definition) is 5. The van der Waals surface area contributed by atoms with E-state index in [9.17, 15) is 0 Å². The van der Waals surface area contributed by atoms with Gasteiger partial charge in [-0.15, -0.1) is 0 Å². The third-order valence-electron chi connectivity index (χ3n) is 3.86. The number of unbranched alkanes of at least 4 members (excludes halogenated alkanes) is 2. The van der Waals surface area contributed by atoms with E-state index < -0.39 is 0 Å². The standard InChI is InChI=1S/C15H24O.C6H14S.C4H10O2S/c1-3-5-6-7-14-8-10-15(11-9-14)12-13-16-4-2;2*1-3-5-7-6-4-2/h8-11H,3-7,12-13H2,1-2H3;3-6H2,1-2H3;3-4H2,1-2H3. The molecular formula is C25H48O3S2. The second-order valence-electron chi connectivity index (χ2n) is 6.71. The molecule has 0 fully saturated rings. The van der Waals surface area contributed by atoms with Gasteiger partial charge >= 0.3 is 0 Å². The summed E-state index contributed by atoms with van der Waals surface area (Å²) in [5, 5.41) is 0. The smallest absolute Gasteiger partial charge is 0.158 e. The summed E-state index contributed by atoms with van der Waals surface area (Å²) in [6.45, 7) is 15.6. The lowest BCUT2D eigenvalue weighted by atomic mass is 10.0. The van der Waals surface area contributed by atoms with Gasteiger partial charge in [0.15, 0.2) is 12.3 Å². The van der Waals surface area contributed by atoms with Gasteiger partial charge < -0.3 is 4.74 Å². The fourth-order valence-corrected chi connectivity index (χ4v) is 3.35. The highest BCUT2D eigenvalue weighted by molar-refractivity contribution is 7.99. The van der Waals surface area contributed by atoms with E-state index in [0.717, 1.165) is 32.0 Å². The number of aryl methyl sites for hydroxylation is 1. The molecule has 0 heterocycles. The quantitative estimate of drug-likeness (QED) is 0.183. The predicted molar refractivity (Wildman–Crippen MR) is 139 cm³/mol. The molecule has 0 aliphatic rings. The van der Waals surface area contributed by atoms with Gasteiger partial charge in [-0.05, 0) is 75.5 Å². The maximum atomic E-state index is 5.35. The molecular weight excluding hydrogens is 412 g/mol. The van der Waals surface area contributed by atoms with Crippen LogP contribution in [0.1, 0.15) is 84.8 Å². The summed E-state index contributed by atoms with van der Waals surface area (Å²) in [5.41, 5.74) is 2.85. The molecule has 0 unspecified atom stereocenters. The van der Waals surface area contributed by atoms with Gasteiger partial charge in [-0.25, -0.2) is 0 Å². The van der Waals surface area contributed by atoms with E-state index in [1.807, 2.05) is 20.8 Å². The van der Waals surface area contributed by atoms with Crippen LogP contribution in [0, 0.1) is 0 Å². The Balaban J connectivity index is 0. The van der Waals surface area contributed by atoms with Gasteiger partial charge in [-0.1, -0.05) is 57.9 Å². The van der Waals surface area contributed by atoms with Crippen molar-refractivity contribution in [2.24, 2.45) is 0 Å². The molecule has 0 aromatic heterocycles. The third kappa shape index (κ3) is 25.8. The van der Waals surface area contributed by atoms with Crippen LogP contribution >= 0.6 is 24.1 Å².